The topological polar surface area (TPSA) is 1000 Å². The second-order valence-corrected chi connectivity index (χ2v) is 36.0. The molecule has 143 heavy (non-hydrogen) atoms. The van der Waals surface area contributed by atoms with Gasteiger partial charge in [-0.2, -0.15) is 0 Å². The Bertz CT molecular complexity index is 4030. The number of hydrogen-bond donors (Lipinski definition) is 37. The number of aliphatic hydroxyl groups is 31. The van der Waals surface area contributed by atoms with Crippen LogP contribution in [0.15, 0.2) is 0 Å². The van der Waals surface area contributed by atoms with Gasteiger partial charge in [-0.1, -0.05) is 0 Å². The van der Waals surface area contributed by atoms with Crippen LogP contribution in [0, 0.1) is 0 Å². The first-order valence-electron chi connectivity index (χ1n) is 45.3. The fourth-order valence-corrected chi connectivity index (χ4v) is 18.3. The Labute approximate surface area is 808 Å². The third-order valence-corrected chi connectivity index (χ3v) is 26.0. The highest BCUT2D eigenvalue weighted by atomic mass is 16.8. The quantitative estimate of drug-likeness (QED) is 0.0272. The molecule has 56 atom stereocenters. The summed E-state index contributed by atoms with van der Waals surface area (Å²) in [6.07, 6.45) is -110. The van der Waals surface area contributed by atoms with Crippen molar-refractivity contribution >= 4 is 35.5 Å². The molecule has 826 valence electrons. The molecule has 64 heteroatoms. The van der Waals surface area contributed by atoms with Crippen LogP contribution in [0.5, 0.6) is 0 Å². The molecule has 0 aliphatic carbocycles. The third kappa shape index (κ3) is 26.4. The van der Waals surface area contributed by atoms with Gasteiger partial charge in [0.25, 0.3) is 5.79 Å². The van der Waals surface area contributed by atoms with Crippen LogP contribution in [0.1, 0.15) is 41.0 Å². The molecule has 0 aromatic heterocycles. The maximum Gasteiger partial charge on any atom is 0.364 e. The summed E-state index contributed by atoms with van der Waals surface area (Å²) in [4.78, 5) is 77.6. The number of ether oxygens (including phenoxy) is 21. The zero-order chi connectivity index (χ0) is 106. The predicted octanol–water partition coefficient (Wildman–Crippen LogP) is -25.1. The van der Waals surface area contributed by atoms with Crippen LogP contribution < -0.4 is 26.6 Å². The number of carbonyl (C=O) groups excluding carboxylic acids is 5. The molecular weight excluding hydrogens is 1960 g/mol. The van der Waals surface area contributed by atoms with E-state index < -0.39 is 458 Å². The van der Waals surface area contributed by atoms with E-state index in [1.165, 1.54) is 6.92 Å². The minimum absolute atomic E-state index is 0.840. The highest BCUT2D eigenvalue weighted by Gasteiger charge is 2.64. The van der Waals surface area contributed by atoms with E-state index in [0.717, 1.165) is 27.7 Å². The van der Waals surface area contributed by atoms with Gasteiger partial charge < -0.3 is 289 Å². The number of carboxylic acids is 1. The minimum Gasteiger partial charge on any atom is -0.477 e. The van der Waals surface area contributed by atoms with Gasteiger partial charge in [-0.05, 0) is 6.92 Å². The van der Waals surface area contributed by atoms with Crippen LogP contribution in [0.25, 0.3) is 0 Å². The molecule has 11 heterocycles. The number of carboxylic acid groups (broad SMARTS) is 1. The molecule has 5 amide bonds. The first-order chi connectivity index (χ1) is 67.5. The van der Waals surface area contributed by atoms with Crippen molar-refractivity contribution in [3.8, 4) is 0 Å². The maximum absolute atomic E-state index is 13.4. The van der Waals surface area contributed by atoms with Crippen LogP contribution in [-0.2, 0) is 128 Å². The Morgan fingerprint density at radius 2 is 0.650 bits per heavy atom. The van der Waals surface area contributed by atoms with Crippen molar-refractivity contribution in [3.63, 3.8) is 0 Å². The molecule has 11 saturated heterocycles. The van der Waals surface area contributed by atoms with Gasteiger partial charge in [0.05, 0.1) is 84.3 Å². The number of carbonyl (C=O) groups is 6. The number of aliphatic carboxylic acids is 1. The van der Waals surface area contributed by atoms with Crippen molar-refractivity contribution in [2.45, 2.75) is 384 Å². The largest absolute Gasteiger partial charge is 0.477 e. The van der Waals surface area contributed by atoms with Crippen LogP contribution in [-0.4, -0.2) is 615 Å². The molecule has 0 aromatic carbocycles. The van der Waals surface area contributed by atoms with E-state index >= 15 is 0 Å². The summed E-state index contributed by atoms with van der Waals surface area (Å²) in [6, 6.07) is -9.89. The summed E-state index contributed by atoms with van der Waals surface area (Å²) >= 11 is 0. The normalized spacial score (nSPS) is 47.8. The second-order valence-electron chi connectivity index (χ2n) is 36.0. The molecule has 64 nitrogen and oxygen atoms in total. The van der Waals surface area contributed by atoms with E-state index in [1.807, 2.05) is 0 Å². The monoisotopic (exact) mass is 2090 g/mol. The maximum atomic E-state index is 13.4. The number of nitrogens with one attached hydrogen (secondary N) is 5. The predicted molar refractivity (Wildman–Crippen MR) is 438 cm³/mol. The number of aliphatic hydroxyl groups excluding tert-OH is 31. The molecule has 0 saturated carbocycles. The Kier molecular flexibility index (Phi) is 42.3. The van der Waals surface area contributed by atoms with Crippen LogP contribution >= 0.6 is 0 Å². The molecule has 0 bridgehead atoms. The lowest BCUT2D eigenvalue weighted by molar-refractivity contribution is -0.399. The standard InChI is InChI=1S/C79H131N5O59/c1-18-40(100)51(111)56(116)72(126-18)123-16-33-63(47(107)36(68(120)127-33)80-19(2)93)136-69-37(81-20(3)94)48(108)62(30(13-91)131-69)139-75-59(119)65(46(106)31(134-75)15-124-76-66(54(114)43(103)26(9-87)129-76)141-70-38(82-21(4)95)49(109)60(28(11-89)132-70)137-73-57(117)52(112)42(102)25(8-86)128-73)140-77-67(55(115)44(104)27(10-88)130-77)142-71-39(83-22(5)96)50(110)61(29(12-90)133-71)138-74-58(118)53(113)45(105)32(135-74)17-125-79(78(121)122)6-23(97)35(84-34(99)14-92)64(143-79)41(101)24(98)7-85/h18,23-33,35-77,85-92,97-98,100-120H,6-17H2,1-5H3,(H,80,93)(H,81,94)(H,82,95)(H,83,96)(H,84,99)(H,121,122)/t18-,23-,24+,25+,26+,27+,28+,29+,30+,31+,32+,33+,35+,36+,37+,38+,39-,40+,41+,42-,43+,44+,45-,46+,47+,48+,49+,50+,51+,52-,53-,54-,55-,56-,57+,58+,59-,60+,61+,62+,63+,64+,65-,66-,67-,68+,69-,70-,71-,72+,73-,74-,75-,76-,77+,79+/m0/s1. The first-order valence-corrected chi connectivity index (χ1v) is 45.3. The van der Waals surface area contributed by atoms with Crippen molar-refractivity contribution in [2.24, 2.45) is 0 Å². The molecule has 11 aliphatic heterocycles. The summed E-state index contributed by atoms with van der Waals surface area (Å²) in [5.74, 6) is -10.5. The van der Waals surface area contributed by atoms with Crippen molar-refractivity contribution in [3.05, 3.63) is 0 Å². The fraction of sp³-hybridized carbons (Fsp3) is 0.924. The molecule has 11 rings (SSSR count). The van der Waals surface area contributed by atoms with E-state index in [1.54, 1.807) is 0 Å². The molecule has 0 radical (unpaired) electrons. The molecule has 0 spiro atoms. The minimum atomic E-state index is -3.19. The average Bonchev–Trinajstić information content (AvgIpc) is 0.762. The summed E-state index contributed by atoms with van der Waals surface area (Å²) in [7, 11) is 0. The van der Waals surface area contributed by atoms with Gasteiger partial charge in [-0.25, -0.2) is 4.79 Å². The lowest BCUT2D eigenvalue weighted by atomic mass is 9.88. The zero-order valence-corrected chi connectivity index (χ0v) is 76.6. The molecule has 0 aromatic rings. The smallest absolute Gasteiger partial charge is 0.364 e. The second kappa shape index (κ2) is 51.2. The summed E-state index contributed by atoms with van der Waals surface area (Å²) < 4.78 is 125. The average molecular weight is 2090 g/mol. The Balaban J connectivity index is 0.907. The van der Waals surface area contributed by atoms with E-state index in [-0.39, 0.29) is 0 Å². The van der Waals surface area contributed by atoms with Crippen molar-refractivity contribution in [1.29, 1.82) is 0 Å². The number of amides is 5. The lowest BCUT2D eigenvalue weighted by Gasteiger charge is -2.51. The summed E-state index contributed by atoms with van der Waals surface area (Å²) in [5, 5.41) is 369. The van der Waals surface area contributed by atoms with Gasteiger partial charge in [-0.15, -0.1) is 0 Å². The van der Waals surface area contributed by atoms with Crippen LogP contribution in [0.2, 0.25) is 0 Å². The summed E-state index contributed by atoms with van der Waals surface area (Å²) in [5.41, 5.74) is 0. The molecular formula is C79H131N5O59. The van der Waals surface area contributed by atoms with E-state index in [9.17, 15) is 192 Å². The van der Waals surface area contributed by atoms with Gasteiger partial charge in [0.1, 0.15) is 263 Å². The van der Waals surface area contributed by atoms with Crippen LogP contribution in [0.3, 0.4) is 0 Å². The van der Waals surface area contributed by atoms with Gasteiger partial charge >= 0.3 is 5.97 Å². The van der Waals surface area contributed by atoms with E-state index in [0.29, 0.717) is 0 Å². The van der Waals surface area contributed by atoms with Gasteiger partial charge in [0.2, 0.25) is 29.5 Å². The van der Waals surface area contributed by atoms with Gasteiger partial charge in [-0.3, -0.25) is 24.0 Å². The van der Waals surface area contributed by atoms with Crippen molar-refractivity contribution in [2.75, 3.05) is 72.7 Å². The van der Waals surface area contributed by atoms with Gasteiger partial charge in [0, 0.05) is 34.1 Å². The zero-order valence-electron chi connectivity index (χ0n) is 76.6. The Morgan fingerprint density at radius 3 is 1.08 bits per heavy atom. The lowest BCUT2D eigenvalue weighted by Crippen LogP contribution is -2.71. The molecule has 11 aliphatic rings. The molecule has 37 N–H and O–H groups in total. The first kappa shape index (κ1) is 118. The summed E-state index contributed by atoms with van der Waals surface area (Å²) in [6.45, 7) is -8.34. The fourth-order valence-electron chi connectivity index (χ4n) is 18.3. The highest BCUT2D eigenvalue weighted by molar-refractivity contribution is 5.78. The van der Waals surface area contributed by atoms with Crippen molar-refractivity contribution < 1.29 is 292 Å². The molecule has 0 unspecified atom stereocenters. The number of hydrogen-bond acceptors (Lipinski definition) is 58. The Morgan fingerprint density at radius 1 is 0.315 bits per heavy atom. The van der Waals surface area contributed by atoms with Crippen LogP contribution in [0.4, 0.5) is 0 Å². The third-order valence-electron chi connectivity index (χ3n) is 26.0. The van der Waals surface area contributed by atoms with E-state index in [2.05, 4.69) is 26.6 Å². The molecule has 11 fully saturated rings. The number of rotatable bonds is 39. The van der Waals surface area contributed by atoms with Crippen molar-refractivity contribution in [1.82, 2.24) is 26.6 Å². The SMILES string of the molecule is CC(=O)N[C@@H]1[C@H](O[C@@H]2[C@@H](O[C@@H]3[C@H](O)[C@H](O[C@H]4[C@H](O)[C@@H](NC(C)=O)[C@H](O[C@H]5[C@H](O)[C@@H](NC(C)=O)[C@H](O)O[C@@H]5CO[C@@H]5O[C@@H](C)[C@@H](O)[C@@H](O)[C@@H]5O)O[C@@H]4CO)O[C@H](CO[C@H]4O[C@H](CO)[C@@H](O)[C@H](O)[C@@H]4O[C@@H]4O[C@H](CO)[C@@H](O[C@@H]5O[C@H](CO)[C@H](O)[C@H](O)[C@H]5O)[C@H](O)[C@H]4NC(C)=O)[C@H]3O)O[C@H](CO)[C@@H](O)[C@@H]2O)O[C@H](CO)[C@@H](O[C@@H]2O[C@H](CO[C@]3(C(=O)O)C[C@H](O)[C@@H](NC(=O)CO)[C@H]([C@H](O)[C@H](O)CO)O3)[C@H](O)[C@H](O)[C@H]2O)[C@@H]1O. The van der Waals surface area contributed by atoms with Gasteiger partial charge in [0.15, 0.2) is 62.9 Å². The van der Waals surface area contributed by atoms with E-state index in [4.69, 9.17) is 99.5 Å². The Hall–Kier alpha value is -5.26. The highest BCUT2D eigenvalue weighted by Crippen LogP contribution is 2.43.